The molecule has 1 unspecified atom stereocenters. The number of aromatic amines is 1. The Kier molecular flexibility index (Phi) is 5.33. The summed E-state index contributed by atoms with van der Waals surface area (Å²) >= 11 is 1.56. The maximum atomic E-state index is 6.06. The van der Waals surface area contributed by atoms with Gasteiger partial charge in [0.25, 0.3) is 0 Å². The molecule has 0 fully saturated rings. The number of ether oxygens (including phenoxy) is 3. The summed E-state index contributed by atoms with van der Waals surface area (Å²) in [5.41, 5.74) is 1.86. The van der Waals surface area contributed by atoms with Crippen molar-refractivity contribution < 1.29 is 14.2 Å². The second kappa shape index (κ2) is 7.49. The lowest BCUT2D eigenvalue weighted by Crippen LogP contribution is -2.34. The summed E-state index contributed by atoms with van der Waals surface area (Å²) in [5.74, 6) is 0.531. The predicted octanol–water partition coefficient (Wildman–Crippen LogP) is 3.23. The molecule has 0 radical (unpaired) electrons. The summed E-state index contributed by atoms with van der Waals surface area (Å²) in [6.45, 7) is 9.58. The van der Waals surface area contributed by atoms with Crippen molar-refractivity contribution in [3.63, 3.8) is 0 Å². The van der Waals surface area contributed by atoms with Crippen LogP contribution in [0.1, 0.15) is 44.6 Å². The van der Waals surface area contributed by atoms with Crippen LogP contribution in [0.5, 0.6) is 0 Å². The number of nitrogens with one attached hydrogen (secondary N) is 1. The van der Waals surface area contributed by atoms with Gasteiger partial charge in [-0.05, 0) is 38.0 Å². The van der Waals surface area contributed by atoms with Crippen molar-refractivity contribution in [2.45, 2.75) is 52.7 Å². The SMILES string of the molecule is CCOC(=Nc1sc2c(c1-c1nn[nH]n1)CC(C)(CC)OC2)OCC. The van der Waals surface area contributed by atoms with Gasteiger partial charge in [-0.25, -0.2) is 0 Å². The molecule has 1 N–H and O–H groups in total. The Labute approximate surface area is 150 Å². The van der Waals surface area contributed by atoms with Gasteiger partial charge in [-0.1, -0.05) is 6.92 Å². The van der Waals surface area contributed by atoms with Crippen LogP contribution in [0, 0.1) is 0 Å². The standard InChI is InChI=1S/C16H23N5O3S/c1-5-16(4)8-10-11(9-24-16)25-14(12(10)13-18-20-21-19-13)17-15(22-6-2)23-7-3/h5-9H2,1-4H3,(H,18,19,20,21). The van der Waals surface area contributed by atoms with E-state index in [9.17, 15) is 0 Å². The first-order valence-corrected chi connectivity index (χ1v) is 9.28. The third kappa shape index (κ3) is 3.67. The summed E-state index contributed by atoms with van der Waals surface area (Å²) in [7, 11) is 0. The average molecular weight is 365 g/mol. The van der Waals surface area contributed by atoms with Crippen molar-refractivity contribution in [1.29, 1.82) is 0 Å². The van der Waals surface area contributed by atoms with Gasteiger partial charge in [-0.15, -0.1) is 21.5 Å². The van der Waals surface area contributed by atoms with Crippen molar-refractivity contribution >= 4 is 22.4 Å². The molecule has 0 aromatic carbocycles. The maximum absolute atomic E-state index is 6.06. The Morgan fingerprint density at radius 3 is 2.68 bits per heavy atom. The van der Waals surface area contributed by atoms with E-state index in [1.165, 1.54) is 5.56 Å². The highest BCUT2D eigenvalue weighted by atomic mass is 32.1. The molecule has 0 saturated carbocycles. The van der Waals surface area contributed by atoms with Crippen molar-refractivity contribution in [1.82, 2.24) is 20.6 Å². The van der Waals surface area contributed by atoms with Crippen LogP contribution in [-0.2, 0) is 27.2 Å². The second-order valence-electron chi connectivity index (χ2n) is 5.93. The quantitative estimate of drug-likeness (QED) is 0.646. The van der Waals surface area contributed by atoms with Gasteiger partial charge in [-0.3, -0.25) is 0 Å². The van der Waals surface area contributed by atoms with E-state index in [4.69, 9.17) is 14.2 Å². The van der Waals surface area contributed by atoms with Crippen molar-refractivity contribution in [3.8, 4) is 11.4 Å². The number of fused-ring (bicyclic) bond motifs is 1. The first kappa shape index (κ1) is 17.8. The van der Waals surface area contributed by atoms with Crippen LogP contribution < -0.4 is 0 Å². The van der Waals surface area contributed by atoms with Gasteiger partial charge in [0.1, 0.15) is 5.00 Å². The minimum atomic E-state index is -0.198. The van der Waals surface area contributed by atoms with E-state index in [2.05, 4.69) is 39.5 Å². The van der Waals surface area contributed by atoms with E-state index < -0.39 is 0 Å². The van der Waals surface area contributed by atoms with E-state index >= 15 is 0 Å². The maximum Gasteiger partial charge on any atom is 0.389 e. The highest BCUT2D eigenvalue weighted by Crippen LogP contribution is 2.46. The van der Waals surface area contributed by atoms with Crippen LogP contribution in [0.25, 0.3) is 11.4 Å². The fourth-order valence-electron chi connectivity index (χ4n) is 2.71. The molecule has 0 aliphatic carbocycles. The van der Waals surface area contributed by atoms with Gasteiger partial charge in [0.05, 0.1) is 31.0 Å². The normalized spacial score (nSPS) is 19.4. The number of hydrogen-bond donors (Lipinski definition) is 1. The number of aromatic nitrogens is 4. The summed E-state index contributed by atoms with van der Waals surface area (Å²) in [5, 5.41) is 15.3. The van der Waals surface area contributed by atoms with Gasteiger partial charge in [0.15, 0.2) is 0 Å². The molecule has 136 valence electrons. The Morgan fingerprint density at radius 2 is 2.08 bits per heavy atom. The van der Waals surface area contributed by atoms with Crippen LogP contribution in [0.15, 0.2) is 4.99 Å². The van der Waals surface area contributed by atoms with Crippen LogP contribution in [0.3, 0.4) is 0 Å². The number of hydrogen-bond acceptors (Lipinski definition) is 8. The zero-order valence-corrected chi connectivity index (χ0v) is 15.8. The summed E-state index contributed by atoms with van der Waals surface area (Å²) in [4.78, 5) is 5.72. The molecule has 0 amide bonds. The summed E-state index contributed by atoms with van der Waals surface area (Å²) in [6.07, 6.45) is 1.97. The van der Waals surface area contributed by atoms with Crippen molar-refractivity contribution in [2.24, 2.45) is 4.99 Å². The summed E-state index contributed by atoms with van der Waals surface area (Å²) < 4.78 is 17.0. The fraction of sp³-hybridized carbons (Fsp3) is 0.625. The largest absolute Gasteiger partial charge is 0.451 e. The number of rotatable bonds is 5. The van der Waals surface area contributed by atoms with Crippen LogP contribution in [0.2, 0.25) is 0 Å². The molecule has 1 atom stereocenters. The smallest absolute Gasteiger partial charge is 0.389 e. The highest BCUT2D eigenvalue weighted by Gasteiger charge is 2.35. The number of nitrogens with zero attached hydrogens (tertiary/aromatic N) is 4. The number of thiophene rings is 1. The van der Waals surface area contributed by atoms with Crippen LogP contribution in [0.4, 0.5) is 5.00 Å². The molecule has 2 aromatic rings. The van der Waals surface area contributed by atoms with Gasteiger partial charge in [-0.2, -0.15) is 10.2 Å². The topological polar surface area (TPSA) is 94.5 Å². The monoisotopic (exact) mass is 365 g/mol. The molecule has 0 spiro atoms. The Morgan fingerprint density at radius 1 is 1.32 bits per heavy atom. The molecule has 9 heteroatoms. The third-order valence-corrected chi connectivity index (χ3v) is 5.32. The predicted molar refractivity (Wildman–Crippen MR) is 95.0 cm³/mol. The van der Waals surface area contributed by atoms with Gasteiger partial charge < -0.3 is 14.2 Å². The first-order valence-electron chi connectivity index (χ1n) is 8.46. The molecule has 0 bridgehead atoms. The lowest BCUT2D eigenvalue weighted by molar-refractivity contribution is -0.0545. The van der Waals surface area contributed by atoms with Crippen LogP contribution >= 0.6 is 11.3 Å². The fourth-order valence-corrected chi connectivity index (χ4v) is 3.79. The van der Waals surface area contributed by atoms with Crippen molar-refractivity contribution in [2.75, 3.05) is 13.2 Å². The molecule has 1 aliphatic rings. The minimum Gasteiger partial charge on any atom is -0.451 e. The molecule has 2 aromatic heterocycles. The van der Waals surface area contributed by atoms with Crippen LogP contribution in [-0.4, -0.2) is 45.5 Å². The van der Waals surface area contributed by atoms with E-state index in [-0.39, 0.29) is 11.7 Å². The zero-order valence-electron chi connectivity index (χ0n) is 15.0. The molecule has 3 heterocycles. The van der Waals surface area contributed by atoms with Crippen molar-refractivity contribution in [3.05, 3.63) is 10.4 Å². The lowest BCUT2D eigenvalue weighted by atomic mass is 9.89. The molecule has 3 rings (SSSR count). The number of tetrazole rings is 1. The van der Waals surface area contributed by atoms with Gasteiger partial charge >= 0.3 is 6.08 Å². The van der Waals surface area contributed by atoms with Gasteiger partial charge in [0, 0.05) is 11.3 Å². The highest BCUT2D eigenvalue weighted by molar-refractivity contribution is 7.16. The molecule has 1 aliphatic heterocycles. The summed E-state index contributed by atoms with van der Waals surface area (Å²) in [6, 6.07) is 0. The molecule has 25 heavy (non-hydrogen) atoms. The number of H-pyrrole nitrogens is 1. The van der Waals surface area contributed by atoms with E-state index in [0.717, 1.165) is 28.3 Å². The van der Waals surface area contributed by atoms with E-state index in [1.54, 1.807) is 11.3 Å². The van der Waals surface area contributed by atoms with E-state index in [1.807, 2.05) is 13.8 Å². The lowest BCUT2D eigenvalue weighted by Gasteiger charge is -2.33. The Balaban J connectivity index is 2.09. The first-order chi connectivity index (χ1) is 12.1. The second-order valence-corrected chi connectivity index (χ2v) is 7.02. The average Bonchev–Trinajstić information content (AvgIpc) is 3.22. The third-order valence-electron chi connectivity index (χ3n) is 4.22. The molecule has 0 saturated heterocycles. The molecular formula is C16H23N5O3S. The molecular weight excluding hydrogens is 342 g/mol. The zero-order chi connectivity index (χ0) is 17.9. The number of aliphatic imine (C=N–C) groups is 1. The van der Waals surface area contributed by atoms with Gasteiger partial charge in [0.2, 0.25) is 5.82 Å². The Hall–Kier alpha value is -2.00. The Bertz CT molecular complexity index is 735. The minimum absolute atomic E-state index is 0.198. The van der Waals surface area contributed by atoms with E-state index in [0.29, 0.717) is 25.6 Å². The molecule has 8 nitrogen and oxygen atoms in total.